The lowest BCUT2D eigenvalue weighted by atomic mass is 10.1. The van der Waals surface area contributed by atoms with Crippen LogP contribution < -0.4 is 30.7 Å². The summed E-state index contributed by atoms with van der Waals surface area (Å²) in [7, 11) is 2.95. The standard InChI is InChI=1S/C48H45Cl5N8O8/c1-26(62)43(60-58-39-24-31(7-10-34(39)52)45(64)56-37-12-5-28(15-18-49)21-41(37)68-3)47(66)54-33-9-14-36(30(23-33)17-20-51)55-48(67)44(27(2)63)61-59-40-25-32(8-11-35(40)53)46(65)57-38-13-6-29(16-19-50)22-42(38)69-4/h5-14,21-25,43-44H,15-20H2,1-4H3,(H,54,66)(H,55,67)(H,56,64)(H,57,65). The second-order valence-electron chi connectivity index (χ2n) is 14.9. The first kappa shape index (κ1) is 53.5. The normalized spacial score (nSPS) is 12.0. The number of halogens is 5. The molecule has 0 saturated carbocycles. The molecule has 4 N–H and O–H groups in total. The number of azo groups is 2. The highest BCUT2D eigenvalue weighted by molar-refractivity contribution is 6.33. The zero-order chi connectivity index (χ0) is 50.2. The number of rotatable bonds is 22. The molecule has 0 spiro atoms. The number of benzene rings is 5. The van der Waals surface area contributed by atoms with Crippen LogP contribution in [0.2, 0.25) is 10.0 Å². The van der Waals surface area contributed by atoms with Crippen LogP contribution in [0.25, 0.3) is 0 Å². The van der Waals surface area contributed by atoms with Crippen LogP contribution in [0.1, 0.15) is 51.3 Å². The zero-order valence-corrected chi connectivity index (χ0v) is 41.3. The van der Waals surface area contributed by atoms with Crippen molar-refractivity contribution in [3.05, 3.63) is 129 Å². The molecule has 2 atom stereocenters. The Kier molecular flexibility index (Phi) is 20.0. The minimum absolute atomic E-state index is 0.0147. The highest BCUT2D eigenvalue weighted by Gasteiger charge is 2.26. The fourth-order valence-electron chi connectivity index (χ4n) is 6.45. The first-order valence-electron chi connectivity index (χ1n) is 20.9. The summed E-state index contributed by atoms with van der Waals surface area (Å²) in [5, 5.41) is 27.2. The number of ketones is 2. The van der Waals surface area contributed by atoms with Crippen LogP contribution in [0.3, 0.4) is 0 Å². The highest BCUT2D eigenvalue weighted by Crippen LogP contribution is 2.32. The van der Waals surface area contributed by atoms with Gasteiger partial charge in [-0.2, -0.15) is 20.5 Å². The van der Waals surface area contributed by atoms with Gasteiger partial charge in [0.2, 0.25) is 12.1 Å². The van der Waals surface area contributed by atoms with E-state index < -0.39 is 47.3 Å². The first-order valence-corrected chi connectivity index (χ1v) is 23.3. The molecule has 0 bridgehead atoms. The van der Waals surface area contributed by atoms with Gasteiger partial charge in [0.1, 0.15) is 22.9 Å². The molecule has 0 aliphatic heterocycles. The van der Waals surface area contributed by atoms with Crippen molar-refractivity contribution in [1.82, 2.24) is 0 Å². The number of nitrogens with zero attached hydrogens (tertiary/aromatic N) is 4. The van der Waals surface area contributed by atoms with Gasteiger partial charge < -0.3 is 30.7 Å². The van der Waals surface area contributed by atoms with E-state index in [1.165, 1.54) is 68.8 Å². The quantitative estimate of drug-likeness (QED) is 0.0296. The third-order valence-electron chi connectivity index (χ3n) is 10.0. The van der Waals surface area contributed by atoms with Gasteiger partial charge in [-0.3, -0.25) is 28.8 Å². The van der Waals surface area contributed by atoms with Crippen LogP contribution in [0, 0.1) is 0 Å². The maximum absolute atomic E-state index is 13.6. The summed E-state index contributed by atoms with van der Waals surface area (Å²) in [6.07, 6.45) is 1.43. The predicted octanol–water partition coefficient (Wildman–Crippen LogP) is 11.2. The van der Waals surface area contributed by atoms with E-state index >= 15 is 0 Å². The lowest BCUT2D eigenvalue weighted by Gasteiger charge is -2.15. The summed E-state index contributed by atoms with van der Waals surface area (Å²) in [4.78, 5) is 78.9. The number of aryl methyl sites for hydroxylation is 3. The molecule has 0 aliphatic rings. The number of hydrogen-bond donors (Lipinski definition) is 4. The van der Waals surface area contributed by atoms with E-state index in [1.54, 1.807) is 24.3 Å². The van der Waals surface area contributed by atoms with Gasteiger partial charge in [-0.15, -0.1) is 34.8 Å². The Morgan fingerprint density at radius 3 is 1.38 bits per heavy atom. The summed E-state index contributed by atoms with van der Waals surface area (Å²) in [6, 6.07) is 20.2. The van der Waals surface area contributed by atoms with Crippen molar-refractivity contribution in [3.8, 4) is 11.5 Å². The average molecular weight is 1040 g/mol. The van der Waals surface area contributed by atoms with E-state index in [4.69, 9.17) is 67.5 Å². The molecule has 0 heterocycles. The zero-order valence-electron chi connectivity index (χ0n) is 37.5. The minimum atomic E-state index is -1.63. The number of alkyl halides is 3. The second kappa shape index (κ2) is 25.8. The largest absolute Gasteiger partial charge is 0.495 e. The first-order chi connectivity index (χ1) is 33.1. The van der Waals surface area contributed by atoms with Crippen LogP contribution in [-0.4, -0.2) is 79.1 Å². The van der Waals surface area contributed by atoms with Crippen molar-refractivity contribution in [2.45, 2.75) is 45.2 Å². The van der Waals surface area contributed by atoms with Gasteiger partial charge in [-0.25, -0.2) is 0 Å². The number of carbonyl (C=O) groups excluding carboxylic acids is 6. The van der Waals surface area contributed by atoms with Crippen molar-refractivity contribution in [2.75, 3.05) is 53.1 Å². The Hall–Kier alpha value is -6.43. The van der Waals surface area contributed by atoms with Crippen LogP contribution >= 0.6 is 58.0 Å². The van der Waals surface area contributed by atoms with Gasteiger partial charge in [0.15, 0.2) is 11.6 Å². The summed E-state index contributed by atoms with van der Waals surface area (Å²) in [5.41, 5.74) is 3.92. The SMILES string of the molecule is COc1cc(CCCl)ccc1NC(=O)c1ccc(Cl)c(N=NC(C(C)=O)C(=O)Nc2ccc(NC(=O)C(N=Nc3cc(C(=O)Nc4ccc(CCCl)cc4OC)ccc3Cl)C(C)=O)c(CCCl)c2)c1. The number of methoxy groups -OCH3 is 2. The molecule has 0 aromatic heterocycles. The Morgan fingerprint density at radius 1 is 0.522 bits per heavy atom. The van der Waals surface area contributed by atoms with E-state index in [9.17, 15) is 28.8 Å². The van der Waals surface area contributed by atoms with E-state index in [0.717, 1.165) is 25.0 Å². The Morgan fingerprint density at radius 2 is 0.957 bits per heavy atom. The maximum Gasteiger partial charge on any atom is 0.258 e. The smallest absolute Gasteiger partial charge is 0.258 e. The van der Waals surface area contributed by atoms with Gasteiger partial charge >= 0.3 is 0 Å². The summed E-state index contributed by atoms with van der Waals surface area (Å²) in [5.74, 6) is -2.23. The number of amides is 4. The molecule has 5 aromatic carbocycles. The molecule has 2 unspecified atom stereocenters. The molecule has 0 saturated heterocycles. The van der Waals surface area contributed by atoms with Crippen molar-refractivity contribution < 1.29 is 38.2 Å². The third kappa shape index (κ3) is 14.8. The highest BCUT2D eigenvalue weighted by atomic mass is 35.5. The van der Waals surface area contributed by atoms with E-state index in [1.807, 2.05) is 12.1 Å². The molecule has 0 radical (unpaired) electrons. The molecule has 69 heavy (non-hydrogen) atoms. The number of carbonyl (C=O) groups is 6. The molecule has 0 fully saturated rings. The maximum atomic E-state index is 13.6. The van der Waals surface area contributed by atoms with Gasteiger partial charge in [0.25, 0.3) is 23.6 Å². The van der Waals surface area contributed by atoms with Gasteiger partial charge in [0.05, 0.1) is 35.6 Å². The molecular weight excluding hydrogens is 994 g/mol. The molecule has 4 amide bonds. The topological polar surface area (TPSA) is 218 Å². The van der Waals surface area contributed by atoms with E-state index in [2.05, 4.69) is 41.7 Å². The fourth-order valence-corrected chi connectivity index (χ4v) is 7.40. The van der Waals surface area contributed by atoms with Gasteiger partial charge in [-0.1, -0.05) is 35.3 Å². The van der Waals surface area contributed by atoms with Crippen molar-refractivity contribution in [1.29, 1.82) is 0 Å². The summed E-state index contributed by atoms with van der Waals surface area (Å²) < 4.78 is 10.9. The fraction of sp³-hybridized carbons (Fsp3) is 0.250. The molecule has 5 aromatic rings. The molecule has 5 rings (SSSR count). The number of hydrogen-bond acceptors (Lipinski definition) is 12. The second-order valence-corrected chi connectivity index (χ2v) is 16.9. The number of ether oxygens (including phenoxy) is 2. The number of Topliss-reactive ketones (excluding diaryl/α,β-unsaturated/α-hetero) is 2. The van der Waals surface area contributed by atoms with Crippen LogP contribution in [0.5, 0.6) is 11.5 Å². The lowest BCUT2D eigenvalue weighted by molar-refractivity contribution is -0.127. The molecule has 21 heteroatoms. The molecule has 0 aliphatic carbocycles. The Balaban J connectivity index is 1.27. The van der Waals surface area contributed by atoms with Crippen molar-refractivity contribution in [2.24, 2.45) is 20.5 Å². The number of nitrogens with one attached hydrogen (secondary N) is 4. The van der Waals surface area contributed by atoms with Crippen molar-refractivity contribution in [3.63, 3.8) is 0 Å². The Labute approximate surface area is 422 Å². The predicted molar refractivity (Wildman–Crippen MR) is 270 cm³/mol. The van der Waals surface area contributed by atoms with Crippen LogP contribution in [-0.2, 0) is 38.4 Å². The molecule has 16 nitrogen and oxygen atoms in total. The molecular formula is C48H45Cl5N8O8. The van der Waals surface area contributed by atoms with E-state index in [-0.39, 0.29) is 56.2 Å². The number of anilines is 4. The Bertz CT molecular complexity index is 2810. The van der Waals surface area contributed by atoms with Gasteiger partial charge in [0, 0.05) is 40.1 Å². The third-order valence-corrected chi connectivity index (χ3v) is 11.2. The average Bonchev–Trinajstić information content (AvgIpc) is 3.31. The van der Waals surface area contributed by atoms with Gasteiger partial charge in [-0.05, 0) is 129 Å². The monoisotopic (exact) mass is 1040 g/mol. The lowest BCUT2D eigenvalue weighted by Crippen LogP contribution is -2.32. The molecule has 360 valence electrons. The van der Waals surface area contributed by atoms with Crippen LogP contribution in [0.4, 0.5) is 34.1 Å². The van der Waals surface area contributed by atoms with Crippen LogP contribution in [0.15, 0.2) is 111 Å². The van der Waals surface area contributed by atoms with Crippen molar-refractivity contribution >= 4 is 127 Å². The summed E-state index contributed by atoms with van der Waals surface area (Å²) >= 11 is 30.6. The van der Waals surface area contributed by atoms with E-state index in [0.29, 0.717) is 53.0 Å². The minimum Gasteiger partial charge on any atom is -0.495 e. The summed E-state index contributed by atoms with van der Waals surface area (Å²) in [6.45, 7) is 2.32.